The van der Waals surface area contributed by atoms with Gasteiger partial charge in [-0.1, -0.05) is 30.3 Å². The number of hydrogen-bond acceptors (Lipinski definition) is 6. The molecular weight excluding hydrogens is 362 g/mol. The van der Waals surface area contributed by atoms with Crippen LogP contribution in [-0.4, -0.2) is 34.0 Å². The van der Waals surface area contributed by atoms with Crippen molar-refractivity contribution < 1.29 is 23.6 Å². The van der Waals surface area contributed by atoms with Crippen LogP contribution in [0.2, 0.25) is 0 Å². The Morgan fingerprint density at radius 3 is 2.79 bits per heavy atom. The van der Waals surface area contributed by atoms with Gasteiger partial charge in [0.2, 0.25) is 11.8 Å². The molecule has 2 fully saturated rings. The lowest BCUT2D eigenvalue weighted by atomic mass is 9.83. The number of aryl methyl sites for hydroxylation is 1. The van der Waals surface area contributed by atoms with Gasteiger partial charge in [-0.25, -0.2) is 4.79 Å². The van der Waals surface area contributed by atoms with Crippen LogP contribution in [0.4, 0.5) is 0 Å². The van der Waals surface area contributed by atoms with E-state index in [4.69, 9.17) is 9.26 Å². The molecule has 28 heavy (non-hydrogen) atoms. The first-order valence-electron chi connectivity index (χ1n) is 9.11. The van der Waals surface area contributed by atoms with Crippen LogP contribution < -0.4 is 10.1 Å². The Morgan fingerprint density at radius 1 is 1.36 bits per heavy atom. The molecular formula is C20H21N3O5. The van der Waals surface area contributed by atoms with Gasteiger partial charge in [0, 0.05) is 30.4 Å². The number of likely N-dealkylation sites (tertiary alicyclic amines) is 1. The number of rotatable bonds is 3. The summed E-state index contributed by atoms with van der Waals surface area (Å²) in [4.78, 5) is 38.4. The van der Waals surface area contributed by atoms with Crippen molar-refractivity contribution in [3.63, 3.8) is 0 Å². The highest BCUT2D eigenvalue weighted by Crippen LogP contribution is 2.52. The second kappa shape index (κ2) is 6.47. The third-order valence-electron chi connectivity index (χ3n) is 5.48. The molecule has 0 unspecified atom stereocenters. The lowest BCUT2D eigenvalue weighted by Gasteiger charge is -2.30. The average Bonchev–Trinajstić information content (AvgIpc) is 3.25. The molecule has 2 aliphatic heterocycles. The summed E-state index contributed by atoms with van der Waals surface area (Å²) in [7, 11) is 0. The van der Waals surface area contributed by atoms with Crippen molar-refractivity contribution in [3.8, 4) is 5.75 Å². The normalized spacial score (nSPS) is 26.1. The van der Waals surface area contributed by atoms with Crippen molar-refractivity contribution in [3.05, 3.63) is 47.3 Å². The third-order valence-corrected chi connectivity index (χ3v) is 5.48. The highest BCUT2D eigenvalue weighted by atomic mass is 16.5. The molecule has 2 amide bonds. The maximum atomic E-state index is 12.4. The number of para-hydroxylation sites is 1. The summed E-state index contributed by atoms with van der Waals surface area (Å²) in [6, 6.07) is 8.31. The molecule has 3 heterocycles. The van der Waals surface area contributed by atoms with E-state index in [0.717, 1.165) is 5.56 Å². The van der Waals surface area contributed by atoms with Crippen LogP contribution in [-0.2, 0) is 9.59 Å². The van der Waals surface area contributed by atoms with Crippen LogP contribution in [0.5, 0.6) is 5.75 Å². The van der Waals surface area contributed by atoms with Crippen molar-refractivity contribution in [2.24, 2.45) is 5.41 Å². The summed E-state index contributed by atoms with van der Waals surface area (Å²) >= 11 is 0. The predicted octanol–water partition coefficient (Wildman–Crippen LogP) is 2.35. The number of carbonyl (C=O) groups excluding carboxylic acids is 3. The third kappa shape index (κ3) is 2.94. The number of aromatic nitrogens is 1. The van der Waals surface area contributed by atoms with Crippen LogP contribution in [0.15, 0.2) is 34.9 Å². The van der Waals surface area contributed by atoms with Crippen LogP contribution in [0, 0.1) is 12.3 Å². The molecule has 8 nitrogen and oxygen atoms in total. The van der Waals surface area contributed by atoms with Gasteiger partial charge in [0.25, 0.3) is 0 Å². The van der Waals surface area contributed by atoms with E-state index in [9.17, 15) is 14.4 Å². The summed E-state index contributed by atoms with van der Waals surface area (Å²) in [5.41, 5.74) is 0.433. The molecule has 8 heteroatoms. The lowest BCUT2D eigenvalue weighted by molar-refractivity contribution is -0.133. The molecule has 0 saturated carbocycles. The number of hydrogen-bond donors (Lipinski definition) is 1. The quantitative estimate of drug-likeness (QED) is 0.645. The van der Waals surface area contributed by atoms with E-state index in [1.807, 2.05) is 19.1 Å². The first kappa shape index (κ1) is 18.2. The number of nitrogens with one attached hydrogen (secondary N) is 1. The second-order valence-electron chi connectivity index (χ2n) is 7.70. The molecule has 2 aliphatic rings. The number of ether oxygens (including phenoxy) is 1. The van der Waals surface area contributed by atoms with Gasteiger partial charge in [-0.15, -0.1) is 0 Å². The summed E-state index contributed by atoms with van der Waals surface area (Å²) in [5.74, 6) is 0.0402. The van der Waals surface area contributed by atoms with Crippen LogP contribution in [0.3, 0.4) is 0 Å². The summed E-state index contributed by atoms with van der Waals surface area (Å²) in [6.07, 6.45) is 0.579. The Morgan fingerprint density at radius 2 is 2.11 bits per heavy atom. The molecule has 0 spiro atoms. The molecule has 0 bridgehead atoms. The SMILES string of the molecule is CC(=O)N1[C@H](c2ccccc2OC(=O)c2cc(C)on2)C[C@]2(C)CC(=O)N[C@@H]12. The van der Waals surface area contributed by atoms with E-state index < -0.39 is 5.97 Å². The topological polar surface area (TPSA) is 102 Å². The maximum absolute atomic E-state index is 12.4. The number of carbonyl (C=O) groups is 3. The second-order valence-corrected chi connectivity index (χ2v) is 7.70. The minimum atomic E-state index is -0.628. The van der Waals surface area contributed by atoms with E-state index in [-0.39, 0.29) is 35.1 Å². The Kier molecular flexibility index (Phi) is 4.21. The van der Waals surface area contributed by atoms with Crippen molar-refractivity contribution in [1.82, 2.24) is 15.4 Å². The Labute approximate surface area is 161 Å². The number of nitrogens with zero attached hydrogens (tertiary/aromatic N) is 2. The molecule has 4 rings (SSSR count). The highest BCUT2D eigenvalue weighted by molar-refractivity contribution is 5.89. The minimum absolute atomic E-state index is 0.0571. The van der Waals surface area contributed by atoms with Crippen molar-refractivity contribution in [2.45, 2.75) is 45.8 Å². The van der Waals surface area contributed by atoms with E-state index in [2.05, 4.69) is 10.5 Å². The number of benzene rings is 1. The van der Waals surface area contributed by atoms with Gasteiger partial charge in [0.1, 0.15) is 17.7 Å². The van der Waals surface area contributed by atoms with E-state index in [0.29, 0.717) is 24.4 Å². The van der Waals surface area contributed by atoms with Gasteiger partial charge in [-0.3, -0.25) is 9.59 Å². The summed E-state index contributed by atoms with van der Waals surface area (Å²) < 4.78 is 10.5. The Balaban J connectivity index is 1.67. The fraction of sp³-hybridized carbons (Fsp3) is 0.400. The summed E-state index contributed by atoms with van der Waals surface area (Å²) in [5, 5.41) is 6.60. The van der Waals surface area contributed by atoms with Gasteiger partial charge in [-0.2, -0.15) is 0 Å². The number of fused-ring (bicyclic) bond motifs is 1. The van der Waals surface area contributed by atoms with Gasteiger partial charge in [-0.05, 0) is 19.4 Å². The fourth-order valence-electron chi connectivity index (χ4n) is 4.27. The molecule has 2 saturated heterocycles. The first-order chi connectivity index (χ1) is 13.3. The van der Waals surface area contributed by atoms with Gasteiger partial charge in [0.05, 0.1) is 6.04 Å². The standard InChI is InChI=1S/C20H21N3O5/c1-11-8-14(22-28-11)18(26)27-16-7-5-4-6-13(16)15-9-20(3)10-17(25)21-19(20)23(15)12(2)24/h4-8,15,19H,9-10H2,1-3H3,(H,21,25)/t15-,19-,20+/m0/s1. The lowest BCUT2D eigenvalue weighted by Crippen LogP contribution is -2.46. The van der Waals surface area contributed by atoms with Crippen molar-refractivity contribution >= 4 is 17.8 Å². The van der Waals surface area contributed by atoms with E-state index >= 15 is 0 Å². The zero-order valence-corrected chi connectivity index (χ0v) is 15.9. The number of amides is 2. The van der Waals surface area contributed by atoms with Gasteiger partial charge >= 0.3 is 5.97 Å². The van der Waals surface area contributed by atoms with Gasteiger partial charge < -0.3 is 19.5 Å². The zero-order chi connectivity index (χ0) is 20.1. The van der Waals surface area contributed by atoms with Crippen LogP contribution >= 0.6 is 0 Å². The zero-order valence-electron chi connectivity index (χ0n) is 15.9. The molecule has 2 aromatic rings. The molecule has 1 aromatic heterocycles. The molecule has 1 aromatic carbocycles. The molecule has 0 radical (unpaired) electrons. The van der Waals surface area contributed by atoms with Crippen LogP contribution in [0.25, 0.3) is 0 Å². The first-order valence-corrected chi connectivity index (χ1v) is 9.11. The van der Waals surface area contributed by atoms with E-state index in [1.54, 1.807) is 24.0 Å². The number of esters is 1. The van der Waals surface area contributed by atoms with Crippen molar-refractivity contribution in [2.75, 3.05) is 0 Å². The van der Waals surface area contributed by atoms with Crippen LogP contribution in [0.1, 0.15) is 54.5 Å². The monoisotopic (exact) mass is 383 g/mol. The van der Waals surface area contributed by atoms with E-state index in [1.165, 1.54) is 13.0 Å². The smallest absolute Gasteiger partial charge is 0.365 e. The maximum Gasteiger partial charge on any atom is 0.365 e. The van der Waals surface area contributed by atoms with Crippen molar-refractivity contribution in [1.29, 1.82) is 0 Å². The largest absolute Gasteiger partial charge is 0.421 e. The summed E-state index contributed by atoms with van der Waals surface area (Å²) in [6.45, 7) is 5.17. The molecule has 3 atom stereocenters. The highest BCUT2D eigenvalue weighted by Gasteiger charge is 2.56. The Bertz CT molecular complexity index is 968. The fourth-order valence-corrected chi connectivity index (χ4v) is 4.27. The average molecular weight is 383 g/mol. The minimum Gasteiger partial charge on any atom is -0.421 e. The Hall–Kier alpha value is -3.16. The molecule has 0 aliphatic carbocycles. The predicted molar refractivity (Wildman–Crippen MR) is 97.2 cm³/mol. The molecule has 146 valence electrons. The molecule has 1 N–H and O–H groups in total. The van der Waals surface area contributed by atoms with Gasteiger partial charge in [0.15, 0.2) is 5.69 Å².